The van der Waals surface area contributed by atoms with Gasteiger partial charge in [-0.25, -0.2) is 4.39 Å². The van der Waals surface area contributed by atoms with Crippen molar-refractivity contribution < 1.29 is 8.60 Å². The monoisotopic (exact) mass is 497 g/mol. The number of hydrogen-bond acceptors (Lipinski definition) is 3. The maximum Gasteiger partial charge on any atom is 0.123 e. The van der Waals surface area contributed by atoms with Gasteiger partial charge in [-0.1, -0.05) is 18.2 Å². The Morgan fingerprint density at radius 3 is 2.25 bits per heavy atom. The molecule has 2 aliphatic rings. The topological polar surface area (TPSA) is 49.0 Å². The fourth-order valence-corrected chi connectivity index (χ4v) is 6.12. The summed E-state index contributed by atoms with van der Waals surface area (Å²) in [5.41, 5.74) is 8.68. The predicted octanol–water partition coefficient (Wildman–Crippen LogP) is 6.54. The quantitative estimate of drug-likeness (QED) is 0.341. The second kappa shape index (κ2) is 9.60. The summed E-state index contributed by atoms with van der Waals surface area (Å²) in [4.78, 5) is 11.4. The molecular formula is C30H28FN3OS. The molecule has 4 heterocycles. The zero-order valence-electron chi connectivity index (χ0n) is 20.2. The van der Waals surface area contributed by atoms with E-state index >= 15 is 0 Å². The van der Waals surface area contributed by atoms with Gasteiger partial charge in [0.2, 0.25) is 0 Å². The molecule has 0 radical (unpaired) electrons. The van der Waals surface area contributed by atoms with Crippen LogP contribution in [0.1, 0.15) is 24.8 Å². The number of halogens is 1. The van der Waals surface area contributed by atoms with Crippen molar-refractivity contribution >= 4 is 16.4 Å². The molecule has 36 heavy (non-hydrogen) atoms. The first-order valence-electron chi connectivity index (χ1n) is 12.4. The Morgan fingerprint density at radius 1 is 0.889 bits per heavy atom. The fourth-order valence-electron chi connectivity index (χ4n) is 5.60. The van der Waals surface area contributed by atoms with Crippen molar-refractivity contribution in [3.05, 3.63) is 90.5 Å². The van der Waals surface area contributed by atoms with Gasteiger partial charge in [-0.15, -0.1) is 0 Å². The lowest BCUT2D eigenvalue weighted by Gasteiger charge is -2.29. The Balaban J connectivity index is 1.62. The minimum Gasteiger partial charge on any atom is -0.354 e. The molecule has 0 bridgehead atoms. The summed E-state index contributed by atoms with van der Waals surface area (Å²) in [7, 11) is -1.04. The summed E-state index contributed by atoms with van der Waals surface area (Å²) in [5, 5.41) is 0. The summed E-state index contributed by atoms with van der Waals surface area (Å²) >= 11 is 0. The van der Waals surface area contributed by atoms with Crippen LogP contribution in [-0.2, 0) is 10.8 Å². The van der Waals surface area contributed by atoms with Crippen LogP contribution in [0.2, 0.25) is 0 Å². The molecule has 2 unspecified atom stereocenters. The Hall–Kier alpha value is -3.35. The highest BCUT2D eigenvalue weighted by atomic mass is 32.2. The number of aromatic nitrogens is 2. The summed E-state index contributed by atoms with van der Waals surface area (Å²) < 4.78 is 25.9. The standard InChI is InChI=1S/C30H28FN3OS/c1-36(35)26-10-6-22(7-11-26)30-28(23-14-18-34-17-2-3-25(34)19-23)27(20-12-15-32-16-13-20)29(33-30)21-4-8-24(31)9-5-21/h4-13,15-16,19,25,33H,2-3,14,17-18H2,1H3. The molecule has 2 aromatic heterocycles. The van der Waals surface area contributed by atoms with Crippen molar-refractivity contribution in [1.82, 2.24) is 14.9 Å². The van der Waals surface area contributed by atoms with E-state index in [4.69, 9.17) is 0 Å². The third-order valence-electron chi connectivity index (χ3n) is 7.37. The van der Waals surface area contributed by atoms with Crippen LogP contribution in [0.5, 0.6) is 0 Å². The third kappa shape index (κ3) is 4.25. The van der Waals surface area contributed by atoms with Gasteiger partial charge in [0.25, 0.3) is 0 Å². The first-order chi connectivity index (χ1) is 17.6. The van der Waals surface area contributed by atoms with Gasteiger partial charge >= 0.3 is 0 Å². The molecular weight excluding hydrogens is 469 g/mol. The average Bonchev–Trinajstić information content (AvgIpc) is 3.54. The number of benzene rings is 2. The van der Waals surface area contributed by atoms with Crippen LogP contribution in [0.3, 0.4) is 0 Å². The minimum atomic E-state index is -1.04. The van der Waals surface area contributed by atoms with Gasteiger partial charge < -0.3 is 4.98 Å². The molecule has 4 aromatic rings. The summed E-state index contributed by atoms with van der Waals surface area (Å²) in [6.45, 7) is 2.22. The minimum absolute atomic E-state index is 0.254. The number of rotatable bonds is 5. The molecule has 1 saturated heterocycles. The Bertz CT molecular complexity index is 1440. The molecule has 1 N–H and O–H groups in total. The molecule has 2 aromatic carbocycles. The Kier molecular flexibility index (Phi) is 6.15. The SMILES string of the molecule is CS(=O)c1ccc(-c2[nH]c(-c3ccc(F)cc3)c(-c3ccncc3)c2C2=CC3CCCN3CC2)cc1. The van der Waals surface area contributed by atoms with Gasteiger partial charge in [0.1, 0.15) is 5.82 Å². The van der Waals surface area contributed by atoms with Crippen LogP contribution < -0.4 is 0 Å². The lowest BCUT2D eigenvalue weighted by atomic mass is 9.88. The zero-order chi connectivity index (χ0) is 24.6. The van der Waals surface area contributed by atoms with Gasteiger partial charge in [-0.3, -0.25) is 14.1 Å². The number of aromatic amines is 1. The normalized spacial score (nSPS) is 18.6. The van der Waals surface area contributed by atoms with E-state index in [0.717, 1.165) is 51.5 Å². The lowest BCUT2D eigenvalue weighted by Crippen LogP contribution is -2.32. The van der Waals surface area contributed by atoms with E-state index in [1.54, 1.807) is 6.26 Å². The van der Waals surface area contributed by atoms with E-state index in [9.17, 15) is 8.60 Å². The highest BCUT2D eigenvalue weighted by Crippen LogP contribution is 2.46. The first-order valence-corrected chi connectivity index (χ1v) is 14.0. The van der Waals surface area contributed by atoms with E-state index in [0.29, 0.717) is 6.04 Å². The van der Waals surface area contributed by atoms with Gasteiger partial charge in [0.15, 0.2) is 0 Å². The second-order valence-corrected chi connectivity index (χ2v) is 10.9. The molecule has 2 aliphatic heterocycles. The van der Waals surface area contributed by atoms with Crippen molar-refractivity contribution in [1.29, 1.82) is 0 Å². The van der Waals surface area contributed by atoms with E-state index < -0.39 is 10.8 Å². The molecule has 1 fully saturated rings. The van der Waals surface area contributed by atoms with Gasteiger partial charge in [-0.2, -0.15) is 0 Å². The second-order valence-electron chi connectivity index (χ2n) is 9.53. The van der Waals surface area contributed by atoms with Crippen LogP contribution in [0.15, 0.2) is 84.0 Å². The number of pyridine rings is 1. The number of fused-ring (bicyclic) bond motifs is 1. The smallest absolute Gasteiger partial charge is 0.123 e. The molecule has 0 spiro atoms. The van der Waals surface area contributed by atoms with Crippen molar-refractivity contribution in [3.63, 3.8) is 0 Å². The number of H-pyrrole nitrogens is 1. The fraction of sp³-hybridized carbons (Fsp3) is 0.233. The van der Waals surface area contributed by atoms with Crippen LogP contribution in [0, 0.1) is 5.82 Å². The van der Waals surface area contributed by atoms with Crippen molar-refractivity contribution in [2.75, 3.05) is 19.3 Å². The maximum atomic E-state index is 13.8. The molecule has 0 aliphatic carbocycles. The van der Waals surface area contributed by atoms with E-state index in [1.807, 2.05) is 60.9 Å². The average molecular weight is 498 g/mol. The van der Waals surface area contributed by atoms with E-state index in [-0.39, 0.29) is 5.82 Å². The van der Waals surface area contributed by atoms with Crippen molar-refractivity contribution in [3.8, 4) is 33.6 Å². The molecule has 0 amide bonds. The van der Waals surface area contributed by atoms with Crippen LogP contribution in [-0.4, -0.2) is 44.5 Å². The zero-order valence-corrected chi connectivity index (χ0v) is 21.0. The largest absolute Gasteiger partial charge is 0.354 e. The lowest BCUT2D eigenvalue weighted by molar-refractivity contribution is 0.288. The highest BCUT2D eigenvalue weighted by Gasteiger charge is 2.30. The van der Waals surface area contributed by atoms with Gasteiger partial charge in [0, 0.05) is 58.1 Å². The molecule has 6 heteroatoms. The Morgan fingerprint density at radius 2 is 1.56 bits per heavy atom. The highest BCUT2D eigenvalue weighted by molar-refractivity contribution is 7.84. The van der Waals surface area contributed by atoms with Crippen LogP contribution in [0.25, 0.3) is 39.2 Å². The van der Waals surface area contributed by atoms with Crippen LogP contribution >= 0.6 is 0 Å². The Labute approximate surface area is 213 Å². The molecule has 4 nitrogen and oxygen atoms in total. The molecule has 182 valence electrons. The summed E-state index contributed by atoms with van der Waals surface area (Å²) in [6, 6.07) is 19.2. The van der Waals surface area contributed by atoms with Crippen LogP contribution in [0.4, 0.5) is 4.39 Å². The molecule has 2 atom stereocenters. The van der Waals surface area contributed by atoms with Crippen molar-refractivity contribution in [2.45, 2.75) is 30.2 Å². The summed E-state index contributed by atoms with van der Waals surface area (Å²) in [6.07, 6.45) is 11.2. The number of nitrogens with one attached hydrogen (secondary N) is 1. The van der Waals surface area contributed by atoms with E-state index in [1.165, 1.54) is 42.7 Å². The van der Waals surface area contributed by atoms with E-state index in [2.05, 4.69) is 20.9 Å². The molecule has 0 saturated carbocycles. The van der Waals surface area contributed by atoms with Crippen molar-refractivity contribution in [2.24, 2.45) is 0 Å². The predicted molar refractivity (Wildman–Crippen MR) is 144 cm³/mol. The van der Waals surface area contributed by atoms with Gasteiger partial charge in [0.05, 0.1) is 11.4 Å². The molecule has 6 rings (SSSR count). The number of hydrogen-bond donors (Lipinski definition) is 1. The summed E-state index contributed by atoms with van der Waals surface area (Å²) in [5.74, 6) is -0.254. The first kappa shape index (κ1) is 23.1. The third-order valence-corrected chi connectivity index (χ3v) is 8.31. The van der Waals surface area contributed by atoms with Gasteiger partial charge in [-0.05, 0) is 96.6 Å². The number of nitrogens with zero attached hydrogens (tertiary/aromatic N) is 2. The maximum absolute atomic E-state index is 13.8.